The van der Waals surface area contributed by atoms with E-state index in [0.29, 0.717) is 17.7 Å². The van der Waals surface area contributed by atoms with Crippen molar-refractivity contribution < 1.29 is 19.2 Å². The van der Waals surface area contributed by atoms with Gasteiger partial charge in [-0.3, -0.25) is 9.59 Å². The molecule has 1 aromatic heterocycles. The molecule has 2 rings (SSSR count). The Kier molecular flexibility index (Phi) is 2.07. The molecule has 74 valence electrons. The highest BCUT2D eigenvalue weighted by molar-refractivity contribution is 5.98. The van der Waals surface area contributed by atoms with Crippen LogP contribution in [0.4, 0.5) is 0 Å². The zero-order valence-corrected chi connectivity index (χ0v) is 7.40. The Morgan fingerprint density at radius 1 is 1.64 bits per heavy atom. The first kappa shape index (κ1) is 8.93. The van der Waals surface area contributed by atoms with Crippen molar-refractivity contribution >= 4 is 11.8 Å². The number of carbonyl (C=O) groups is 2. The smallest absolute Gasteiger partial charge is 0.303 e. The second kappa shape index (κ2) is 3.25. The summed E-state index contributed by atoms with van der Waals surface area (Å²) in [5, 5.41) is 12.1. The normalized spacial score (nSPS) is 20.6. The number of ketones is 1. The molecule has 1 N–H and O–H groups in total. The summed E-state index contributed by atoms with van der Waals surface area (Å²) in [6.07, 6.45) is 2.18. The molecule has 1 heterocycles. The fourth-order valence-electron chi connectivity index (χ4n) is 1.74. The van der Waals surface area contributed by atoms with Crippen molar-refractivity contribution in [2.24, 2.45) is 5.92 Å². The molecule has 14 heavy (non-hydrogen) atoms. The lowest BCUT2D eigenvalue weighted by molar-refractivity contribution is -0.138. The second-order valence-corrected chi connectivity index (χ2v) is 3.46. The molecule has 1 aliphatic carbocycles. The molecule has 0 spiro atoms. The van der Waals surface area contributed by atoms with Crippen LogP contribution in [0.1, 0.15) is 29.0 Å². The van der Waals surface area contributed by atoms with Gasteiger partial charge in [-0.1, -0.05) is 5.16 Å². The standard InChI is InChI=1S/C9H9NO4/c11-7-1-5(3-9(12)13)2-8-6(7)4-10-14-8/h4-5H,1-3H2,(H,12,13). The fourth-order valence-corrected chi connectivity index (χ4v) is 1.74. The zero-order chi connectivity index (χ0) is 10.1. The molecular formula is C9H9NO4. The van der Waals surface area contributed by atoms with Gasteiger partial charge in [0.25, 0.3) is 0 Å². The third kappa shape index (κ3) is 1.53. The Morgan fingerprint density at radius 3 is 3.14 bits per heavy atom. The number of fused-ring (bicyclic) bond motifs is 1. The minimum Gasteiger partial charge on any atom is -0.481 e. The van der Waals surface area contributed by atoms with Crippen LogP contribution >= 0.6 is 0 Å². The van der Waals surface area contributed by atoms with E-state index >= 15 is 0 Å². The van der Waals surface area contributed by atoms with Gasteiger partial charge >= 0.3 is 5.97 Å². The largest absolute Gasteiger partial charge is 0.481 e. The van der Waals surface area contributed by atoms with Gasteiger partial charge in [0, 0.05) is 19.3 Å². The van der Waals surface area contributed by atoms with Gasteiger partial charge in [-0.15, -0.1) is 0 Å². The van der Waals surface area contributed by atoms with E-state index in [4.69, 9.17) is 9.63 Å². The van der Waals surface area contributed by atoms with Gasteiger partial charge in [0.1, 0.15) is 5.76 Å². The summed E-state index contributed by atoms with van der Waals surface area (Å²) in [5.41, 5.74) is 0.506. The Balaban J connectivity index is 2.17. The first-order chi connectivity index (χ1) is 6.66. The van der Waals surface area contributed by atoms with E-state index in [9.17, 15) is 9.59 Å². The monoisotopic (exact) mass is 195 g/mol. The van der Waals surface area contributed by atoms with Crippen molar-refractivity contribution in [3.63, 3.8) is 0 Å². The second-order valence-electron chi connectivity index (χ2n) is 3.46. The molecule has 1 atom stereocenters. The van der Waals surface area contributed by atoms with E-state index in [1.807, 2.05) is 0 Å². The van der Waals surface area contributed by atoms with E-state index in [1.165, 1.54) is 6.20 Å². The number of Topliss-reactive ketones (excluding diaryl/α,β-unsaturated/α-hetero) is 1. The van der Waals surface area contributed by atoms with Crippen LogP contribution in [-0.2, 0) is 11.2 Å². The number of aromatic nitrogens is 1. The first-order valence-electron chi connectivity index (χ1n) is 4.35. The lowest BCUT2D eigenvalue weighted by atomic mass is 9.86. The third-order valence-corrected chi connectivity index (χ3v) is 2.36. The summed E-state index contributed by atoms with van der Waals surface area (Å²) in [6, 6.07) is 0. The van der Waals surface area contributed by atoms with Gasteiger partial charge in [0.05, 0.1) is 11.8 Å². The fraction of sp³-hybridized carbons (Fsp3) is 0.444. The molecule has 1 unspecified atom stereocenters. The number of hydrogen-bond acceptors (Lipinski definition) is 4. The van der Waals surface area contributed by atoms with E-state index in [1.54, 1.807) is 0 Å². The maximum absolute atomic E-state index is 11.4. The van der Waals surface area contributed by atoms with Crippen molar-refractivity contribution in [2.75, 3.05) is 0 Å². The molecule has 0 bridgehead atoms. The summed E-state index contributed by atoms with van der Waals surface area (Å²) in [4.78, 5) is 21.9. The summed E-state index contributed by atoms with van der Waals surface area (Å²) < 4.78 is 4.87. The highest BCUT2D eigenvalue weighted by Crippen LogP contribution is 2.27. The first-order valence-corrected chi connectivity index (χ1v) is 4.35. The van der Waals surface area contributed by atoms with Gasteiger partial charge in [-0.25, -0.2) is 0 Å². The predicted molar refractivity (Wildman–Crippen MR) is 44.9 cm³/mol. The predicted octanol–water partition coefficient (Wildman–Crippen LogP) is 0.894. The number of nitrogens with zero attached hydrogens (tertiary/aromatic N) is 1. The van der Waals surface area contributed by atoms with Crippen molar-refractivity contribution in [3.05, 3.63) is 17.5 Å². The number of rotatable bonds is 2. The summed E-state index contributed by atoms with van der Waals surface area (Å²) in [5.74, 6) is -0.586. The molecule has 0 saturated carbocycles. The molecule has 5 nitrogen and oxygen atoms in total. The SMILES string of the molecule is O=C(O)CC1CC(=O)c2cnoc2C1. The summed E-state index contributed by atoms with van der Waals surface area (Å²) in [6.45, 7) is 0. The Bertz CT molecular complexity index is 382. The molecule has 5 heteroatoms. The highest BCUT2D eigenvalue weighted by Gasteiger charge is 2.29. The molecule has 1 aliphatic rings. The zero-order valence-electron chi connectivity index (χ0n) is 7.40. The number of carboxylic acids is 1. The van der Waals surface area contributed by atoms with Gasteiger partial charge in [0.15, 0.2) is 5.78 Å². The average molecular weight is 195 g/mol. The van der Waals surface area contributed by atoms with Gasteiger partial charge in [-0.2, -0.15) is 0 Å². The number of aliphatic carboxylic acids is 1. The van der Waals surface area contributed by atoms with Crippen LogP contribution in [0.25, 0.3) is 0 Å². The van der Waals surface area contributed by atoms with Crippen LogP contribution in [0.15, 0.2) is 10.7 Å². The average Bonchev–Trinajstić information content (AvgIpc) is 2.50. The quantitative estimate of drug-likeness (QED) is 0.758. The van der Waals surface area contributed by atoms with Crippen LogP contribution in [0.2, 0.25) is 0 Å². The van der Waals surface area contributed by atoms with E-state index in [2.05, 4.69) is 5.16 Å². The van der Waals surface area contributed by atoms with Crippen LogP contribution in [0.5, 0.6) is 0 Å². The van der Waals surface area contributed by atoms with Crippen molar-refractivity contribution in [3.8, 4) is 0 Å². The topological polar surface area (TPSA) is 80.4 Å². The Hall–Kier alpha value is -1.65. The van der Waals surface area contributed by atoms with Gasteiger partial charge in [0.2, 0.25) is 0 Å². The maximum Gasteiger partial charge on any atom is 0.303 e. The maximum atomic E-state index is 11.4. The molecule has 0 aliphatic heterocycles. The molecule has 0 saturated heterocycles. The van der Waals surface area contributed by atoms with E-state index in [-0.39, 0.29) is 24.5 Å². The van der Waals surface area contributed by atoms with Crippen LogP contribution in [0, 0.1) is 5.92 Å². The van der Waals surface area contributed by atoms with Crippen molar-refractivity contribution in [2.45, 2.75) is 19.3 Å². The molecular weight excluding hydrogens is 186 g/mol. The lowest BCUT2D eigenvalue weighted by Crippen LogP contribution is -2.21. The van der Waals surface area contributed by atoms with E-state index in [0.717, 1.165) is 0 Å². The third-order valence-electron chi connectivity index (χ3n) is 2.36. The highest BCUT2D eigenvalue weighted by atomic mass is 16.5. The summed E-state index contributed by atoms with van der Waals surface area (Å²) in [7, 11) is 0. The van der Waals surface area contributed by atoms with Crippen molar-refractivity contribution in [1.29, 1.82) is 0 Å². The number of carbonyl (C=O) groups excluding carboxylic acids is 1. The Morgan fingerprint density at radius 2 is 2.43 bits per heavy atom. The molecule has 1 aromatic rings. The Labute approximate surface area is 79.7 Å². The molecule has 0 amide bonds. The minimum atomic E-state index is -0.884. The minimum absolute atomic E-state index is 0.00583. The van der Waals surface area contributed by atoms with Crippen molar-refractivity contribution in [1.82, 2.24) is 5.16 Å². The van der Waals surface area contributed by atoms with E-state index < -0.39 is 5.97 Å². The lowest BCUT2D eigenvalue weighted by Gasteiger charge is -2.16. The van der Waals surface area contributed by atoms with Gasteiger partial charge < -0.3 is 9.63 Å². The van der Waals surface area contributed by atoms with Gasteiger partial charge in [-0.05, 0) is 5.92 Å². The van der Waals surface area contributed by atoms with Crippen LogP contribution in [0.3, 0.4) is 0 Å². The molecule has 0 fully saturated rings. The van der Waals surface area contributed by atoms with Crippen LogP contribution < -0.4 is 0 Å². The molecule has 0 radical (unpaired) electrons. The number of hydrogen-bond donors (Lipinski definition) is 1. The van der Waals surface area contributed by atoms with Crippen LogP contribution in [-0.4, -0.2) is 22.0 Å². The number of carboxylic acid groups (broad SMARTS) is 1. The summed E-state index contributed by atoms with van der Waals surface area (Å²) >= 11 is 0. The molecule has 0 aromatic carbocycles.